The van der Waals surface area contributed by atoms with E-state index in [-0.39, 0.29) is 98.1 Å². The van der Waals surface area contributed by atoms with Gasteiger partial charge in [-0.1, -0.05) is 10.4 Å². The number of nitrogens with zero attached hydrogens (tertiary/aromatic N) is 19. The smallest absolute Gasteiger partial charge is 0.325 e. The van der Waals surface area contributed by atoms with Crippen LogP contribution in [0.25, 0.3) is 66.9 Å². The average Bonchev–Trinajstić information content (AvgIpc) is 1.58. The fourth-order valence-corrected chi connectivity index (χ4v) is 24.4. The number of hydrogen-bond donors (Lipinski definition) is 15. The molecule has 6 bridgehead atoms. The number of anilines is 6. The highest BCUT2D eigenvalue weighted by molar-refractivity contribution is 8.08. The van der Waals surface area contributed by atoms with Crippen molar-refractivity contribution in [2.24, 2.45) is 0 Å². The van der Waals surface area contributed by atoms with Crippen molar-refractivity contribution >= 4 is 213 Å². The van der Waals surface area contributed by atoms with E-state index in [0.717, 1.165) is 21.8 Å². The predicted octanol–water partition coefficient (Wildman–Crippen LogP) is 1.39. The maximum atomic E-state index is 16.0. The zero-order chi connectivity index (χ0) is 96.5. The van der Waals surface area contributed by atoms with Crippen LogP contribution in [0.5, 0.6) is 0 Å². The number of pyridine rings is 3. The molecule has 0 saturated carbocycles. The minimum absolute atomic E-state index is 0.00930. The van der Waals surface area contributed by atoms with Gasteiger partial charge in [0.15, 0.2) is 105 Å². The molecule has 55 nitrogen and oxygen atoms in total. The zero-order valence-electron chi connectivity index (χ0n) is 67.4. The maximum Gasteiger partial charge on any atom is 0.325 e. The van der Waals surface area contributed by atoms with Crippen LogP contribution in [-0.4, -0.2) is 281 Å². The summed E-state index contributed by atoms with van der Waals surface area (Å²) < 4.78 is 218. The van der Waals surface area contributed by atoms with Gasteiger partial charge < -0.3 is 128 Å². The van der Waals surface area contributed by atoms with Crippen LogP contribution in [0.3, 0.4) is 0 Å². The van der Waals surface area contributed by atoms with Crippen molar-refractivity contribution in [2.45, 2.75) is 147 Å². The SMILES string of the molecule is Nc1nc2c(ncn2[C@@H]2O[C@@H]3COP(O)(=S)O[C@@H]4[C@@H](COP(O)(=S)O[C@@H]2[C@@H]3F)O[C@@H](n2nnc3c(N)ccnc32)C4(F)F)c(=O)[nH]1.Nc1nc2c(ncn2[C@@H]2O[C@@H]3COP(O)(=S)O[C@@H]4[C@@H](COP(O)(=S)O[C@@H]2[C@@H]3F)O[C@@H](n2nnc3c(N)ccnc32)C4(F)F)c(=O)[nH]1.Nc1nc2c(ncn2[C@@H]2O[C@@H]3COP(O)(=S)O[C@H]4C[C@H](n5ccc6c(N)ccnc65)O[C@@H]4COP(O)(=S)O[C@@H]2[C@@H]3F)c(=O)[nH]1. The number of hydrogen-bond acceptors (Lipinski definition) is 46. The van der Waals surface area contributed by atoms with Crippen LogP contribution in [0.2, 0.25) is 0 Å². The maximum absolute atomic E-state index is 16.0. The van der Waals surface area contributed by atoms with Gasteiger partial charge in [-0.05, 0) is 95.1 Å². The van der Waals surface area contributed by atoms with Crippen LogP contribution in [0.15, 0.2) is 82.4 Å². The zero-order valence-corrected chi connectivity index (χ0v) is 77.7. The molecule has 9 aliphatic rings. The molecule has 27 atom stereocenters. The normalized spacial score (nSPS) is 36.6. The lowest BCUT2D eigenvalue weighted by molar-refractivity contribution is -0.140. The summed E-state index contributed by atoms with van der Waals surface area (Å²) in [5.74, 6) is -8.84. The number of imidazole rings is 3. The number of fused-ring (bicyclic) bond motifs is 15. The average molecular weight is 2150 g/mol. The lowest BCUT2D eigenvalue weighted by atomic mass is 10.1. The number of ether oxygens (including phenoxy) is 6. The molecule has 0 radical (unpaired) electrons. The highest BCUT2D eigenvalue weighted by Crippen LogP contribution is 2.62. The third-order valence-electron chi connectivity index (χ3n) is 22.0. The standard InChI is InChI=1S/C22H25FN8O9P2S2.2C20H21F3N10O9P2S2/c23-15-13-7-36-41(33,43)39-11-5-14(30-4-2-9-10(24)1-3-26-18(9)30)37-12(11)6-35-42(34,44)40-17(15)21(38-13)31-8-27-16-19(31)28-22(25)29-20(16)32;2*21-9-7-3-37-44(36,46)42-13-8(40-18(20(13,22)23)33-14-10(30-31-33)6(24)1-2-26-14)4-38-43(35,45)41-12(9)17(39-7)32-5-27-11-15(32)28-19(25)29-16(11)34/h1-4,8,11-15,17,21H,5-7H2,(H2,24,26)(H,33,43)(H,34,44)(H3,25,28,29,32);2*1-2,5,7-9,12-13,17-18H,3-4H2,(H2,24,26)(H,35,45)(H,36,46)(H3,25,28,29,34)/t11-,12+,13+,14+,15+,17+,21+,41?,42?;2*7-,8-,9-,12-,13-,17-,18-,43?,44?/m011/s1. The molecular formula is C62H67F7N28O27P6S6. The molecular weight excluding hydrogens is 2080 g/mol. The van der Waals surface area contributed by atoms with E-state index in [4.69, 9.17) is 188 Å². The molecule has 9 aliphatic heterocycles. The molecule has 21 heterocycles. The summed E-state index contributed by atoms with van der Waals surface area (Å²) in [4.78, 5) is 146. The summed E-state index contributed by atoms with van der Waals surface area (Å²) in [5, 5.41) is 15.7. The van der Waals surface area contributed by atoms with Gasteiger partial charge in [0.25, 0.3) is 16.7 Å². The summed E-state index contributed by atoms with van der Waals surface area (Å²) in [5.41, 5.74) is 33.0. The van der Waals surface area contributed by atoms with Crippen molar-refractivity contribution in [1.82, 2.24) is 108 Å². The number of aromatic nitrogens is 22. The molecule has 0 spiro atoms. The number of nitrogens with two attached hydrogens (primary N) is 6. The van der Waals surface area contributed by atoms with Gasteiger partial charge in [-0.2, -0.15) is 41.9 Å². The van der Waals surface area contributed by atoms with E-state index in [2.05, 4.69) is 80.4 Å². The van der Waals surface area contributed by atoms with Crippen molar-refractivity contribution in [3.8, 4) is 0 Å². The summed E-state index contributed by atoms with van der Waals surface area (Å²) in [6.07, 6.45) is -26.4. The predicted molar refractivity (Wildman–Crippen MR) is 468 cm³/mol. The first-order valence-corrected chi connectivity index (χ1v) is 54.6. The van der Waals surface area contributed by atoms with Gasteiger partial charge in [0, 0.05) is 42.3 Å². The van der Waals surface area contributed by atoms with E-state index in [1.54, 1.807) is 29.1 Å². The Morgan fingerprint density at radius 3 is 1.09 bits per heavy atom. The molecule has 9 saturated heterocycles. The fourth-order valence-electron chi connectivity index (χ4n) is 15.9. The fraction of sp³-hybridized carbons (Fsp3) is 0.484. The number of H-pyrrole nitrogens is 3. The Morgan fingerprint density at radius 2 is 0.713 bits per heavy atom. The highest BCUT2D eigenvalue weighted by Gasteiger charge is 2.66. The second-order valence-corrected chi connectivity index (χ2v) is 47.4. The Hall–Kier alpha value is -7.91. The second-order valence-electron chi connectivity index (χ2n) is 30.7. The molecule has 12 aromatic heterocycles. The highest BCUT2D eigenvalue weighted by atomic mass is 32.5. The number of alkyl halides is 7. The van der Waals surface area contributed by atoms with Gasteiger partial charge in [-0.15, -0.1) is 10.2 Å². The van der Waals surface area contributed by atoms with Crippen LogP contribution >= 0.6 is 40.3 Å². The van der Waals surface area contributed by atoms with Gasteiger partial charge in [0.1, 0.15) is 66.8 Å². The molecule has 21 rings (SSSR count). The minimum atomic E-state index is -4.61. The minimum Gasteiger partial charge on any atom is -0.398 e. The molecule has 732 valence electrons. The van der Waals surface area contributed by atoms with E-state index in [1.165, 1.54) is 35.4 Å². The molecule has 0 aliphatic carbocycles. The topological polar surface area (TPSA) is 739 Å². The van der Waals surface area contributed by atoms with Crippen molar-refractivity contribution in [3.05, 3.63) is 99.1 Å². The molecule has 0 amide bonds. The number of aromatic amines is 3. The van der Waals surface area contributed by atoms with Gasteiger partial charge >= 0.3 is 52.2 Å². The van der Waals surface area contributed by atoms with Gasteiger partial charge in [0.05, 0.1) is 76.1 Å². The molecule has 0 aromatic carbocycles. The van der Waals surface area contributed by atoms with E-state index in [9.17, 15) is 43.7 Å². The van der Waals surface area contributed by atoms with Crippen LogP contribution < -0.4 is 51.1 Å². The Bertz CT molecular complexity index is 6950. The summed E-state index contributed by atoms with van der Waals surface area (Å²) >= 11 is 30.7. The Morgan fingerprint density at radius 1 is 0.382 bits per heavy atom. The first kappa shape index (κ1) is 96.9. The van der Waals surface area contributed by atoms with Crippen LogP contribution in [0, 0.1) is 0 Å². The number of rotatable bonds is 6. The van der Waals surface area contributed by atoms with E-state index in [1.807, 2.05) is 0 Å². The molecule has 21 N–H and O–H groups in total. The number of halogens is 7. The molecule has 9 fully saturated rings. The lowest BCUT2D eigenvalue weighted by Crippen LogP contribution is -2.41. The van der Waals surface area contributed by atoms with Crippen molar-refractivity contribution in [2.75, 3.05) is 74.0 Å². The van der Waals surface area contributed by atoms with E-state index >= 15 is 30.7 Å². The second kappa shape index (κ2) is 36.3. The summed E-state index contributed by atoms with van der Waals surface area (Å²) in [6, 6.07) is 6.24. The number of nitrogens with one attached hydrogen (secondary N) is 3. The first-order valence-electron chi connectivity index (χ1n) is 39.0. The van der Waals surface area contributed by atoms with Crippen LogP contribution in [0.1, 0.15) is 43.8 Å². The molecule has 74 heteroatoms. The first-order chi connectivity index (χ1) is 64.2. The van der Waals surface area contributed by atoms with Crippen molar-refractivity contribution in [3.63, 3.8) is 0 Å². The Labute approximate surface area is 779 Å². The van der Waals surface area contributed by atoms with E-state index < -0.39 is 231 Å². The Kier molecular flexibility index (Phi) is 25.8. The molecule has 6 unspecified atom stereocenters. The van der Waals surface area contributed by atoms with Crippen molar-refractivity contribution in [1.29, 1.82) is 0 Å². The third kappa shape index (κ3) is 18.6. The third-order valence-corrected chi connectivity index (χ3v) is 31.3. The summed E-state index contributed by atoms with van der Waals surface area (Å²) in [7, 11) is 0. The largest absolute Gasteiger partial charge is 0.398 e. The van der Waals surface area contributed by atoms with E-state index in [0.29, 0.717) is 26.1 Å². The van der Waals surface area contributed by atoms with Crippen molar-refractivity contribution < 1.29 is 143 Å². The van der Waals surface area contributed by atoms with Gasteiger partial charge in [0.2, 0.25) is 30.3 Å². The van der Waals surface area contributed by atoms with Gasteiger partial charge in [-0.3, -0.25) is 65.7 Å². The quantitative estimate of drug-likeness (QED) is 0.0826. The van der Waals surface area contributed by atoms with Gasteiger partial charge in [-0.25, -0.2) is 43.1 Å². The monoisotopic (exact) mass is 2150 g/mol. The molecule has 12 aromatic rings. The lowest BCUT2D eigenvalue weighted by Gasteiger charge is -2.28. The number of nitrogen functional groups attached to an aromatic ring is 6. The molecule has 136 heavy (non-hydrogen) atoms. The van der Waals surface area contributed by atoms with Crippen LogP contribution in [-0.2, 0) is 154 Å². The Balaban J connectivity index is 0.000000131. The van der Waals surface area contributed by atoms with Crippen LogP contribution in [0.4, 0.5) is 65.6 Å². The summed E-state index contributed by atoms with van der Waals surface area (Å²) in [6.45, 7) is -30.9.